The van der Waals surface area contributed by atoms with Crippen LogP contribution < -0.4 is 5.32 Å². The molecule has 3 atom stereocenters. The van der Waals surface area contributed by atoms with Gasteiger partial charge in [-0.2, -0.15) is 0 Å². The molecule has 1 N–H and O–H groups in total. The van der Waals surface area contributed by atoms with E-state index in [0.717, 1.165) is 6.42 Å². The number of nitrogens with zero attached hydrogens (tertiary/aromatic N) is 1. The molecule has 114 valence electrons. The molecule has 2 aliphatic rings. The molecule has 21 heavy (non-hydrogen) atoms. The number of halogens is 2. The van der Waals surface area contributed by atoms with Gasteiger partial charge in [-0.1, -0.05) is 30.3 Å². The summed E-state index contributed by atoms with van der Waals surface area (Å²) in [6.45, 7) is 2.26. The fourth-order valence-corrected chi connectivity index (χ4v) is 3.49. The van der Waals surface area contributed by atoms with Crippen LogP contribution in [0.25, 0.3) is 0 Å². The number of benzene rings is 1. The zero-order valence-electron chi connectivity index (χ0n) is 12.1. The average molecular weight is 294 g/mol. The van der Waals surface area contributed by atoms with Gasteiger partial charge in [0.2, 0.25) is 5.91 Å². The van der Waals surface area contributed by atoms with Gasteiger partial charge in [0, 0.05) is 24.9 Å². The molecule has 2 fully saturated rings. The minimum absolute atomic E-state index is 0.0518. The summed E-state index contributed by atoms with van der Waals surface area (Å²) >= 11 is 0. The molecular weight excluding hydrogens is 274 g/mol. The Morgan fingerprint density at radius 2 is 2.05 bits per heavy atom. The topological polar surface area (TPSA) is 32.3 Å². The van der Waals surface area contributed by atoms with Crippen LogP contribution in [0, 0.1) is 0 Å². The Labute approximate surface area is 123 Å². The van der Waals surface area contributed by atoms with Crippen LogP contribution in [0.5, 0.6) is 0 Å². The summed E-state index contributed by atoms with van der Waals surface area (Å²) < 4.78 is 26.5. The van der Waals surface area contributed by atoms with Gasteiger partial charge in [-0.3, -0.25) is 10.1 Å². The third kappa shape index (κ3) is 2.79. The first-order chi connectivity index (χ1) is 9.98. The Kier molecular flexibility index (Phi) is 3.69. The average Bonchev–Trinajstić information content (AvgIpc) is 3.02. The highest BCUT2D eigenvalue weighted by Gasteiger charge is 2.45. The number of hydrogen-bond donors (Lipinski definition) is 1. The number of carbonyl (C=O) groups excluding carboxylic acids is 1. The lowest BCUT2D eigenvalue weighted by molar-refractivity contribution is -0.134. The number of alkyl halides is 2. The van der Waals surface area contributed by atoms with Gasteiger partial charge in [0.1, 0.15) is 0 Å². The van der Waals surface area contributed by atoms with Gasteiger partial charge in [0.15, 0.2) is 0 Å². The molecule has 3 rings (SSSR count). The summed E-state index contributed by atoms with van der Waals surface area (Å²) in [5.74, 6) is -2.66. The maximum Gasteiger partial charge on any atom is 0.262 e. The van der Waals surface area contributed by atoms with Crippen LogP contribution in [0.4, 0.5) is 8.78 Å². The zero-order valence-corrected chi connectivity index (χ0v) is 12.1. The van der Waals surface area contributed by atoms with Crippen LogP contribution in [-0.2, 0) is 4.79 Å². The van der Waals surface area contributed by atoms with E-state index in [1.54, 1.807) is 4.90 Å². The molecule has 1 aromatic carbocycles. The zero-order chi connectivity index (χ0) is 15.0. The van der Waals surface area contributed by atoms with E-state index in [4.69, 9.17) is 0 Å². The SMILES string of the molecule is CC1C(c2ccccc2)CCN1C(=O)C1CC(F)(F)CN1. The highest BCUT2D eigenvalue weighted by atomic mass is 19.3. The second-order valence-electron chi connectivity index (χ2n) is 6.07. The van der Waals surface area contributed by atoms with E-state index >= 15 is 0 Å². The van der Waals surface area contributed by atoms with Crippen LogP contribution in [0.3, 0.4) is 0 Å². The summed E-state index contributed by atoms with van der Waals surface area (Å²) in [4.78, 5) is 14.2. The van der Waals surface area contributed by atoms with Crippen molar-refractivity contribution in [2.24, 2.45) is 0 Å². The maximum absolute atomic E-state index is 13.2. The van der Waals surface area contributed by atoms with E-state index in [9.17, 15) is 13.6 Å². The molecule has 0 aromatic heterocycles. The van der Waals surface area contributed by atoms with Gasteiger partial charge >= 0.3 is 0 Å². The van der Waals surface area contributed by atoms with Crippen molar-refractivity contribution in [3.8, 4) is 0 Å². The van der Waals surface area contributed by atoms with Gasteiger partial charge in [-0.25, -0.2) is 8.78 Å². The molecule has 0 bridgehead atoms. The molecule has 2 saturated heterocycles. The smallest absolute Gasteiger partial charge is 0.262 e. The van der Waals surface area contributed by atoms with E-state index in [1.165, 1.54) is 5.56 Å². The number of carbonyl (C=O) groups is 1. The minimum Gasteiger partial charge on any atom is -0.338 e. The lowest BCUT2D eigenvalue weighted by Gasteiger charge is -2.27. The fourth-order valence-electron chi connectivity index (χ4n) is 3.49. The second-order valence-corrected chi connectivity index (χ2v) is 6.07. The Bertz CT molecular complexity index is 520. The van der Waals surface area contributed by atoms with Gasteiger partial charge < -0.3 is 4.90 Å². The number of rotatable bonds is 2. The molecule has 0 spiro atoms. The van der Waals surface area contributed by atoms with Crippen molar-refractivity contribution < 1.29 is 13.6 Å². The first kappa shape index (κ1) is 14.4. The van der Waals surface area contributed by atoms with Crippen molar-refractivity contribution in [2.75, 3.05) is 13.1 Å². The minimum atomic E-state index is -2.76. The second kappa shape index (κ2) is 5.37. The molecule has 3 unspecified atom stereocenters. The molecule has 1 amide bonds. The predicted octanol–water partition coefficient (Wildman–Crippen LogP) is 2.39. The van der Waals surface area contributed by atoms with Crippen LogP contribution in [-0.4, -0.2) is 41.9 Å². The summed E-state index contributed by atoms with van der Waals surface area (Å²) in [6.07, 6.45) is 0.505. The normalized spacial score (nSPS) is 31.6. The third-order valence-electron chi connectivity index (χ3n) is 4.67. The van der Waals surface area contributed by atoms with Crippen LogP contribution in [0.2, 0.25) is 0 Å². The number of amides is 1. The van der Waals surface area contributed by atoms with Gasteiger partial charge in [0.25, 0.3) is 5.92 Å². The maximum atomic E-state index is 13.2. The highest BCUT2D eigenvalue weighted by molar-refractivity contribution is 5.83. The Hall–Kier alpha value is -1.49. The first-order valence-electron chi connectivity index (χ1n) is 7.44. The molecule has 2 heterocycles. The van der Waals surface area contributed by atoms with Crippen LogP contribution >= 0.6 is 0 Å². The van der Waals surface area contributed by atoms with Gasteiger partial charge in [-0.05, 0) is 18.9 Å². The summed E-state index contributed by atoms with van der Waals surface area (Å²) in [5, 5.41) is 2.66. The van der Waals surface area contributed by atoms with E-state index in [2.05, 4.69) is 17.4 Å². The van der Waals surface area contributed by atoms with E-state index < -0.39 is 18.5 Å². The third-order valence-corrected chi connectivity index (χ3v) is 4.67. The number of hydrogen-bond acceptors (Lipinski definition) is 2. The lowest BCUT2D eigenvalue weighted by atomic mass is 9.93. The van der Waals surface area contributed by atoms with Crippen molar-refractivity contribution in [3.63, 3.8) is 0 Å². The number of nitrogens with one attached hydrogen (secondary N) is 1. The Balaban J connectivity index is 1.69. The highest BCUT2D eigenvalue weighted by Crippen LogP contribution is 2.35. The van der Waals surface area contributed by atoms with E-state index in [0.29, 0.717) is 6.54 Å². The molecule has 2 aliphatic heterocycles. The van der Waals surface area contributed by atoms with Crippen molar-refractivity contribution in [1.82, 2.24) is 10.2 Å². The standard InChI is InChI=1S/C16H20F2N2O/c1-11-13(12-5-3-2-4-6-12)7-8-20(11)15(21)14-9-16(17,18)10-19-14/h2-6,11,13-14,19H,7-10H2,1H3. The fraction of sp³-hybridized carbons (Fsp3) is 0.562. The first-order valence-corrected chi connectivity index (χ1v) is 7.44. The summed E-state index contributed by atoms with van der Waals surface area (Å²) in [7, 11) is 0. The Morgan fingerprint density at radius 3 is 2.67 bits per heavy atom. The van der Waals surface area contributed by atoms with Crippen molar-refractivity contribution in [2.45, 2.75) is 43.7 Å². The molecule has 5 heteroatoms. The van der Waals surface area contributed by atoms with Crippen molar-refractivity contribution >= 4 is 5.91 Å². The molecule has 0 saturated carbocycles. The molecule has 1 aromatic rings. The van der Waals surface area contributed by atoms with Gasteiger partial charge in [0.05, 0.1) is 12.6 Å². The predicted molar refractivity (Wildman–Crippen MR) is 76.3 cm³/mol. The van der Waals surface area contributed by atoms with Crippen molar-refractivity contribution in [1.29, 1.82) is 0 Å². The summed E-state index contributed by atoms with van der Waals surface area (Å²) in [5.41, 5.74) is 1.21. The monoisotopic (exact) mass is 294 g/mol. The van der Waals surface area contributed by atoms with Crippen LogP contribution in [0.15, 0.2) is 30.3 Å². The lowest BCUT2D eigenvalue weighted by Crippen LogP contribution is -2.45. The number of likely N-dealkylation sites (tertiary alicyclic amines) is 1. The van der Waals surface area contributed by atoms with Gasteiger partial charge in [-0.15, -0.1) is 0 Å². The summed E-state index contributed by atoms with van der Waals surface area (Å²) in [6, 6.07) is 9.40. The van der Waals surface area contributed by atoms with Crippen LogP contribution in [0.1, 0.15) is 31.2 Å². The molecule has 3 nitrogen and oxygen atoms in total. The van der Waals surface area contributed by atoms with E-state index in [1.807, 2.05) is 25.1 Å². The van der Waals surface area contributed by atoms with E-state index in [-0.39, 0.29) is 24.3 Å². The largest absolute Gasteiger partial charge is 0.338 e. The van der Waals surface area contributed by atoms with Crippen molar-refractivity contribution in [3.05, 3.63) is 35.9 Å². The Morgan fingerprint density at radius 1 is 1.33 bits per heavy atom. The molecular formula is C16H20F2N2O. The molecule has 0 radical (unpaired) electrons. The molecule has 0 aliphatic carbocycles. The quantitative estimate of drug-likeness (QED) is 0.908.